The molecule has 1 aromatic rings. The Morgan fingerprint density at radius 3 is 2.11 bits per heavy atom. The van der Waals surface area contributed by atoms with E-state index in [1.165, 1.54) is 64.2 Å². The quantitative estimate of drug-likeness (QED) is 0.595. The van der Waals surface area contributed by atoms with E-state index in [4.69, 9.17) is 14.6 Å². The van der Waals surface area contributed by atoms with Gasteiger partial charge in [-0.15, -0.1) is 0 Å². The number of rotatable bonds is 8. The minimum absolute atomic E-state index is 0.609. The molecule has 2 saturated carbocycles. The zero-order valence-corrected chi connectivity index (χ0v) is 16.2. The third-order valence-electron chi connectivity index (χ3n) is 5.80. The van der Waals surface area contributed by atoms with E-state index in [1.54, 1.807) is 6.08 Å². The van der Waals surface area contributed by atoms with E-state index in [-0.39, 0.29) is 0 Å². The van der Waals surface area contributed by atoms with Crippen LogP contribution in [0.3, 0.4) is 0 Å². The van der Waals surface area contributed by atoms with Crippen LogP contribution in [0.25, 0.3) is 6.08 Å². The Morgan fingerprint density at radius 1 is 0.926 bits per heavy atom. The van der Waals surface area contributed by atoms with E-state index in [1.807, 2.05) is 18.2 Å². The molecule has 4 nitrogen and oxygen atoms in total. The molecule has 1 N–H and O–H groups in total. The largest absolute Gasteiger partial charge is 0.493 e. The predicted molar refractivity (Wildman–Crippen MR) is 107 cm³/mol. The summed E-state index contributed by atoms with van der Waals surface area (Å²) in [5.41, 5.74) is 0.773. The second-order valence-electron chi connectivity index (χ2n) is 8.00. The molecule has 0 heterocycles. The fourth-order valence-electron chi connectivity index (χ4n) is 4.17. The molecule has 0 unspecified atom stereocenters. The zero-order valence-electron chi connectivity index (χ0n) is 16.2. The number of carbonyl (C=O) groups is 1. The van der Waals surface area contributed by atoms with Crippen molar-refractivity contribution >= 4 is 12.0 Å². The summed E-state index contributed by atoms with van der Waals surface area (Å²) in [7, 11) is 0. The van der Waals surface area contributed by atoms with Crippen molar-refractivity contribution in [3.8, 4) is 11.5 Å². The molecule has 148 valence electrons. The second kappa shape index (κ2) is 10.4. The molecular weight excluding hydrogens is 340 g/mol. The van der Waals surface area contributed by atoms with Gasteiger partial charge < -0.3 is 14.6 Å². The Morgan fingerprint density at radius 2 is 1.52 bits per heavy atom. The van der Waals surface area contributed by atoms with Gasteiger partial charge in [-0.2, -0.15) is 0 Å². The first-order valence-corrected chi connectivity index (χ1v) is 10.5. The van der Waals surface area contributed by atoms with E-state index < -0.39 is 5.97 Å². The van der Waals surface area contributed by atoms with E-state index in [0.29, 0.717) is 18.4 Å². The van der Waals surface area contributed by atoms with Crippen molar-refractivity contribution in [1.82, 2.24) is 0 Å². The Labute approximate surface area is 162 Å². The molecule has 4 heteroatoms. The smallest absolute Gasteiger partial charge is 0.328 e. The number of carboxylic acids is 1. The SMILES string of the molecule is O=C(O)/C=C/c1cc(OCC2CCCCC2)ccc1OCC1CCCCC1. The van der Waals surface area contributed by atoms with Gasteiger partial charge in [-0.25, -0.2) is 4.79 Å². The highest BCUT2D eigenvalue weighted by molar-refractivity contribution is 5.86. The number of hydrogen-bond donors (Lipinski definition) is 1. The zero-order chi connectivity index (χ0) is 18.9. The number of benzene rings is 1. The van der Waals surface area contributed by atoms with E-state index in [2.05, 4.69) is 0 Å². The first-order chi connectivity index (χ1) is 13.2. The summed E-state index contributed by atoms with van der Waals surface area (Å²) >= 11 is 0. The maximum absolute atomic E-state index is 10.9. The predicted octanol–water partition coefficient (Wildman–Crippen LogP) is 5.70. The molecule has 2 fully saturated rings. The van der Waals surface area contributed by atoms with Gasteiger partial charge in [0.05, 0.1) is 13.2 Å². The van der Waals surface area contributed by atoms with Crippen LogP contribution < -0.4 is 9.47 Å². The van der Waals surface area contributed by atoms with Crippen LogP contribution >= 0.6 is 0 Å². The summed E-state index contributed by atoms with van der Waals surface area (Å²) in [5.74, 6) is 1.82. The summed E-state index contributed by atoms with van der Waals surface area (Å²) < 4.78 is 12.1. The number of ether oxygens (including phenoxy) is 2. The second-order valence-corrected chi connectivity index (χ2v) is 8.00. The minimum atomic E-state index is -0.957. The highest BCUT2D eigenvalue weighted by Crippen LogP contribution is 2.30. The van der Waals surface area contributed by atoms with Crippen LogP contribution in [-0.2, 0) is 4.79 Å². The molecule has 0 saturated heterocycles. The first kappa shape index (κ1) is 19.8. The molecular formula is C23H32O4. The Balaban J connectivity index is 1.63. The molecule has 0 radical (unpaired) electrons. The molecule has 0 aromatic heterocycles. The standard InChI is InChI=1S/C23H32O4/c24-23(25)14-11-20-15-21(26-16-18-7-3-1-4-8-18)12-13-22(20)27-17-19-9-5-2-6-10-19/h11-15,18-19H,1-10,16-17H2,(H,24,25)/b14-11+. The highest BCUT2D eigenvalue weighted by atomic mass is 16.5. The van der Waals surface area contributed by atoms with Crippen LogP contribution in [0.5, 0.6) is 11.5 Å². The Bertz CT molecular complexity index is 625. The van der Waals surface area contributed by atoms with Crippen molar-refractivity contribution in [3.05, 3.63) is 29.8 Å². The summed E-state index contributed by atoms with van der Waals surface area (Å²) in [6.07, 6.45) is 15.5. The molecule has 0 bridgehead atoms. The van der Waals surface area contributed by atoms with E-state index in [0.717, 1.165) is 29.7 Å². The van der Waals surface area contributed by atoms with Gasteiger partial charge in [0.1, 0.15) is 11.5 Å². The van der Waals surface area contributed by atoms with E-state index in [9.17, 15) is 4.79 Å². The number of aliphatic carboxylic acids is 1. The maximum atomic E-state index is 10.9. The Kier molecular flexibility index (Phi) is 7.61. The fraction of sp³-hybridized carbons (Fsp3) is 0.609. The van der Waals surface area contributed by atoms with Gasteiger partial charge in [-0.1, -0.05) is 38.5 Å². The van der Waals surface area contributed by atoms with Crippen LogP contribution in [0, 0.1) is 11.8 Å². The highest BCUT2D eigenvalue weighted by Gasteiger charge is 2.16. The van der Waals surface area contributed by atoms with Gasteiger partial charge in [0, 0.05) is 11.6 Å². The minimum Gasteiger partial charge on any atom is -0.493 e. The summed E-state index contributed by atoms with van der Waals surface area (Å²) in [4.78, 5) is 10.9. The molecule has 2 aliphatic rings. The van der Waals surface area contributed by atoms with Gasteiger partial charge in [-0.05, 0) is 61.8 Å². The van der Waals surface area contributed by atoms with Crippen molar-refractivity contribution in [1.29, 1.82) is 0 Å². The molecule has 0 amide bonds. The van der Waals surface area contributed by atoms with Crippen LogP contribution in [0.4, 0.5) is 0 Å². The monoisotopic (exact) mass is 372 g/mol. The maximum Gasteiger partial charge on any atom is 0.328 e. The third-order valence-corrected chi connectivity index (χ3v) is 5.80. The molecule has 3 rings (SSSR count). The average Bonchev–Trinajstić information content (AvgIpc) is 2.71. The lowest BCUT2D eigenvalue weighted by Crippen LogP contribution is -2.16. The van der Waals surface area contributed by atoms with Crippen molar-refractivity contribution in [2.45, 2.75) is 64.2 Å². The normalized spacial score (nSPS) is 19.3. The summed E-state index contributed by atoms with van der Waals surface area (Å²) in [5, 5.41) is 8.98. The van der Waals surface area contributed by atoms with Crippen molar-refractivity contribution < 1.29 is 19.4 Å². The molecule has 2 aliphatic carbocycles. The van der Waals surface area contributed by atoms with Gasteiger partial charge in [-0.3, -0.25) is 0 Å². The van der Waals surface area contributed by atoms with E-state index >= 15 is 0 Å². The lowest BCUT2D eigenvalue weighted by Gasteiger charge is -2.23. The summed E-state index contributed by atoms with van der Waals surface area (Å²) in [6.45, 7) is 1.44. The molecule has 0 aliphatic heterocycles. The van der Waals surface area contributed by atoms with Crippen LogP contribution in [0.1, 0.15) is 69.8 Å². The molecule has 0 atom stereocenters. The number of hydrogen-bond acceptors (Lipinski definition) is 3. The van der Waals surface area contributed by atoms with Crippen molar-refractivity contribution in [2.75, 3.05) is 13.2 Å². The van der Waals surface area contributed by atoms with Gasteiger partial charge in [0.15, 0.2) is 0 Å². The molecule has 0 spiro atoms. The van der Waals surface area contributed by atoms with Gasteiger partial charge >= 0.3 is 5.97 Å². The third kappa shape index (κ3) is 6.60. The lowest BCUT2D eigenvalue weighted by atomic mass is 9.90. The Hall–Kier alpha value is -1.97. The van der Waals surface area contributed by atoms with Crippen molar-refractivity contribution in [3.63, 3.8) is 0 Å². The average molecular weight is 373 g/mol. The summed E-state index contributed by atoms with van der Waals surface area (Å²) in [6, 6.07) is 5.76. The fourth-order valence-corrected chi connectivity index (χ4v) is 4.17. The lowest BCUT2D eigenvalue weighted by molar-refractivity contribution is -0.131. The first-order valence-electron chi connectivity index (χ1n) is 10.5. The van der Waals surface area contributed by atoms with Gasteiger partial charge in [0.25, 0.3) is 0 Å². The van der Waals surface area contributed by atoms with Crippen LogP contribution in [0.15, 0.2) is 24.3 Å². The van der Waals surface area contributed by atoms with Crippen LogP contribution in [0.2, 0.25) is 0 Å². The van der Waals surface area contributed by atoms with Crippen molar-refractivity contribution in [2.24, 2.45) is 11.8 Å². The molecule has 1 aromatic carbocycles. The number of carboxylic acid groups (broad SMARTS) is 1. The van der Waals surface area contributed by atoms with Crippen LogP contribution in [-0.4, -0.2) is 24.3 Å². The topological polar surface area (TPSA) is 55.8 Å². The van der Waals surface area contributed by atoms with Gasteiger partial charge in [0.2, 0.25) is 0 Å². The molecule has 27 heavy (non-hydrogen) atoms.